The van der Waals surface area contributed by atoms with Crippen molar-refractivity contribution in [1.82, 2.24) is 14.9 Å². The summed E-state index contributed by atoms with van der Waals surface area (Å²) < 4.78 is 5.42. The third-order valence-electron chi connectivity index (χ3n) is 4.40. The van der Waals surface area contributed by atoms with Gasteiger partial charge in [-0.15, -0.1) is 0 Å². The molecule has 4 rings (SSSR count). The number of fused-ring (bicyclic) bond motifs is 1. The van der Waals surface area contributed by atoms with E-state index in [1.54, 1.807) is 0 Å². The highest BCUT2D eigenvalue weighted by atomic mass is 32.2. The molecule has 0 saturated carbocycles. The predicted octanol–water partition coefficient (Wildman–Crippen LogP) is 3.78. The minimum atomic E-state index is 0.709. The number of hydrogen-bond acceptors (Lipinski definition) is 7. The smallest absolute Gasteiger partial charge is 0.145 e. The number of ether oxygens (including phenoxy) is 1. The quantitative estimate of drug-likeness (QED) is 0.536. The van der Waals surface area contributed by atoms with Crippen LogP contribution in [0.1, 0.15) is 5.82 Å². The van der Waals surface area contributed by atoms with E-state index in [9.17, 15) is 0 Å². The summed E-state index contributed by atoms with van der Waals surface area (Å²) in [5.74, 6) is 1.60. The summed E-state index contributed by atoms with van der Waals surface area (Å²) in [6.07, 6.45) is 0. The van der Waals surface area contributed by atoms with Crippen LogP contribution in [0.15, 0.2) is 53.4 Å². The SMILES string of the molecule is N#CSc1ccc(Nc2nc(CN3CCOCC3)nc3ccccc23)cc1. The number of thioether (sulfide) groups is 1. The molecule has 0 bridgehead atoms. The Balaban J connectivity index is 1.62. The monoisotopic (exact) mass is 377 g/mol. The van der Waals surface area contributed by atoms with E-state index in [1.807, 2.05) is 48.5 Å². The molecule has 1 N–H and O–H groups in total. The molecule has 1 aliphatic heterocycles. The molecule has 2 aromatic carbocycles. The first-order valence-electron chi connectivity index (χ1n) is 8.80. The van der Waals surface area contributed by atoms with Gasteiger partial charge in [0.2, 0.25) is 0 Å². The van der Waals surface area contributed by atoms with E-state index >= 15 is 0 Å². The van der Waals surface area contributed by atoms with Crippen LogP contribution in [0.25, 0.3) is 10.9 Å². The van der Waals surface area contributed by atoms with Crippen molar-refractivity contribution >= 4 is 34.2 Å². The number of nitrogens with zero attached hydrogens (tertiary/aromatic N) is 4. The molecule has 0 radical (unpaired) electrons. The highest BCUT2D eigenvalue weighted by molar-refractivity contribution is 8.03. The van der Waals surface area contributed by atoms with Crippen molar-refractivity contribution in [3.8, 4) is 5.40 Å². The average molecular weight is 377 g/mol. The molecule has 27 heavy (non-hydrogen) atoms. The van der Waals surface area contributed by atoms with E-state index in [2.05, 4.69) is 15.6 Å². The van der Waals surface area contributed by atoms with Crippen molar-refractivity contribution in [2.45, 2.75) is 11.4 Å². The molecule has 136 valence electrons. The summed E-state index contributed by atoms with van der Waals surface area (Å²) in [5.41, 5.74) is 1.85. The molecule has 3 aromatic rings. The first-order valence-corrected chi connectivity index (χ1v) is 9.62. The molecule has 2 heterocycles. The molecule has 0 unspecified atom stereocenters. The number of para-hydroxylation sites is 1. The number of nitriles is 1. The minimum absolute atomic E-state index is 0.709. The van der Waals surface area contributed by atoms with Gasteiger partial charge >= 0.3 is 0 Å². The second-order valence-corrected chi connectivity index (χ2v) is 7.09. The molecule has 7 heteroatoms. The molecule has 1 aromatic heterocycles. The van der Waals surface area contributed by atoms with Crippen LogP contribution in [-0.2, 0) is 11.3 Å². The standard InChI is InChI=1S/C20H19N5OS/c21-14-27-16-7-5-15(6-8-16)22-20-17-3-1-2-4-18(17)23-19(24-20)13-25-9-11-26-12-10-25/h1-8H,9-13H2,(H,22,23,24). The maximum absolute atomic E-state index is 8.78. The second kappa shape index (κ2) is 8.35. The minimum Gasteiger partial charge on any atom is -0.379 e. The Hall–Kier alpha value is -2.66. The summed E-state index contributed by atoms with van der Waals surface area (Å²) in [7, 11) is 0. The number of rotatable bonds is 5. The average Bonchev–Trinajstić information content (AvgIpc) is 2.70. The zero-order valence-electron chi connectivity index (χ0n) is 14.8. The first-order chi connectivity index (χ1) is 13.3. The Labute approximate surface area is 162 Å². The number of morpholine rings is 1. The van der Waals surface area contributed by atoms with Crippen LogP contribution in [0, 0.1) is 10.7 Å². The predicted molar refractivity (Wildman–Crippen MR) is 107 cm³/mol. The van der Waals surface area contributed by atoms with E-state index in [0.717, 1.165) is 71.2 Å². The lowest BCUT2D eigenvalue weighted by atomic mass is 10.2. The highest BCUT2D eigenvalue weighted by Crippen LogP contribution is 2.26. The summed E-state index contributed by atoms with van der Waals surface area (Å²) >= 11 is 1.15. The molecular formula is C20H19N5OS. The van der Waals surface area contributed by atoms with E-state index in [1.165, 1.54) is 0 Å². The molecular weight excluding hydrogens is 358 g/mol. The zero-order chi connectivity index (χ0) is 18.5. The lowest BCUT2D eigenvalue weighted by Crippen LogP contribution is -2.36. The van der Waals surface area contributed by atoms with Crippen LogP contribution < -0.4 is 5.32 Å². The Bertz CT molecular complexity index is 964. The molecule has 1 saturated heterocycles. The molecule has 0 amide bonds. The van der Waals surface area contributed by atoms with Crippen LogP contribution >= 0.6 is 11.8 Å². The largest absolute Gasteiger partial charge is 0.379 e. The van der Waals surface area contributed by atoms with Gasteiger partial charge in [0, 0.05) is 29.1 Å². The van der Waals surface area contributed by atoms with Gasteiger partial charge < -0.3 is 10.1 Å². The number of nitrogens with one attached hydrogen (secondary N) is 1. The van der Waals surface area contributed by atoms with Gasteiger partial charge in [-0.2, -0.15) is 5.26 Å². The third kappa shape index (κ3) is 4.37. The zero-order valence-corrected chi connectivity index (χ0v) is 15.6. The number of thiocyanates is 1. The maximum atomic E-state index is 8.78. The van der Waals surface area contributed by atoms with Gasteiger partial charge in [-0.05, 0) is 48.2 Å². The van der Waals surface area contributed by atoms with Crippen molar-refractivity contribution in [3.05, 3.63) is 54.4 Å². The van der Waals surface area contributed by atoms with Gasteiger partial charge in [0.05, 0.1) is 25.3 Å². The highest BCUT2D eigenvalue weighted by Gasteiger charge is 2.14. The van der Waals surface area contributed by atoms with Crippen LogP contribution in [0.5, 0.6) is 0 Å². The molecule has 6 nitrogen and oxygen atoms in total. The van der Waals surface area contributed by atoms with Gasteiger partial charge in [-0.25, -0.2) is 9.97 Å². The third-order valence-corrected chi connectivity index (χ3v) is 5.00. The molecule has 0 aliphatic carbocycles. The van der Waals surface area contributed by atoms with Crippen molar-refractivity contribution in [1.29, 1.82) is 5.26 Å². The van der Waals surface area contributed by atoms with Crippen molar-refractivity contribution in [2.75, 3.05) is 31.6 Å². The Morgan fingerprint density at radius 3 is 2.63 bits per heavy atom. The van der Waals surface area contributed by atoms with E-state index in [0.29, 0.717) is 6.54 Å². The van der Waals surface area contributed by atoms with E-state index in [-0.39, 0.29) is 0 Å². The van der Waals surface area contributed by atoms with Crippen LogP contribution in [0.2, 0.25) is 0 Å². The van der Waals surface area contributed by atoms with Gasteiger partial charge in [-0.3, -0.25) is 4.90 Å². The summed E-state index contributed by atoms with van der Waals surface area (Å²) in [6, 6.07) is 15.8. The number of anilines is 2. The maximum Gasteiger partial charge on any atom is 0.145 e. The lowest BCUT2D eigenvalue weighted by Gasteiger charge is -2.26. The Morgan fingerprint density at radius 1 is 1.07 bits per heavy atom. The number of aromatic nitrogens is 2. The molecule has 0 atom stereocenters. The fourth-order valence-electron chi connectivity index (χ4n) is 3.05. The Kier molecular flexibility index (Phi) is 5.49. The molecule has 0 spiro atoms. The van der Waals surface area contributed by atoms with Crippen LogP contribution in [0.3, 0.4) is 0 Å². The van der Waals surface area contributed by atoms with Crippen LogP contribution in [0.4, 0.5) is 11.5 Å². The van der Waals surface area contributed by atoms with E-state index in [4.69, 9.17) is 20.0 Å². The summed E-state index contributed by atoms with van der Waals surface area (Å²) in [5, 5.41) is 15.3. The van der Waals surface area contributed by atoms with Gasteiger partial charge in [0.15, 0.2) is 0 Å². The summed E-state index contributed by atoms with van der Waals surface area (Å²) in [6.45, 7) is 4.02. The van der Waals surface area contributed by atoms with Gasteiger partial charge in [0.25, 0.3) is 0 Å². The topological polar surface area (TPSA) is 74.1 Å². The second-order valence-electron chi connectivity index (χ2n) is 6.24. The summed E-state index contributed by atoms with van der Waals surface area (Å²) in [4.78, 5) is 12.8. The van der Waals surface area contributed by atoms with Gasteiger partial charge in [0.1, 0.15) is 17.0 Å². The fraction of sp³-hybridized carbons (Fsp3) is 0.250. The van der Waals surface area contributed by atoms with Gasteiger partial charge in [-0.1, -0.05) is 12.1 Å². The lowest BCUT2D eigenvalue weighted by molar-refractivity contribution is 0.0331. The van der Waals surface area contributed by atoms with Crippen molar-refractivity contribution in [3.63, 3.8) is 0 Å². The van der Waals surface area contributed by atoms with Crippen molar-refractivity contribution in [2.24, 2.45) is 0 Å². The molecule has 1 fully saturated rings. The van der Waals surface area contributed by atoms with Crippen LogP contribution in [-0.4, -0.2) is 41.2 Å². The normalized spacial score (nSPS) is 14.8. The molecule has 1 aliphatic rings. The Morgan fingerprint density at radius 2 is 1.85 bits per heavy atom. The first kappa shape index (κ1) is 17.7. The van der Waals surface area contributed by atoms with Crippen molar-refractivity contribution < 1.29 is 4.74 Å². The fourth-order valence-corrected chi connectivity index (χ4v) is 3.42. The van der Waals surface area contributed by atoms with E-state index < -0.39 is 0 Å². The number of hydrogen-bond donors (Lipinski definition) is 1. The number of benzene rings is 2.